The molecule has 0 radical (unpaired) electrons. The predicted octanol–water partition coefficient (Wildman–Crippen LogP) is 0.742. The van der Waals surface area contributed by atoms with Crippen molar-refractivity contribution < 1.29 is 0 Å². The quantitative estimate of drug-likeness (QED) is 0.675. The summed E-state index contributed by atoms with van der Waals surface area (Å²) in [5.41, 5.74) is 1.00. The molecule has 0 atom stereocenters. The molecule has 4 heteroatoms. The number of hydrogen-bond donors (Lipinski definition) is 1. The summed E-state index contributed by atoms with van der Waals surface area (Å²) < 4.78 is 0. The molecule has 0 aromatic carbocycles. The maximum atomic E-state index is 3.84. The van der Waals surface area contributed by atoms with Crippen molar-refractivity contribution in [3.05, 3.63) is 11.9 Å². The number of H-pyrrole nitrogens is 1. The molecule has 1 heterocycles. The molecular formula is C4H6BrN3. The van der Waals surface area contributed by atoms with Gasteiger partial charge in [0.25, 0.3) is 0 Å². The van der Waals surface area contributed by atoms with E-state index in [1.807, 2.05) is 0 Å². The molecule has 1 aromatic heterocycles. The third-order valence-electron chi connectivity index (χ3n) is 0.816. The van der Waals surface area contributed by atoms with Crippen LogP contribution in [-0.2, 0) is 6.42 Å². The van der Waals surface area contributed by atoms with Gasteiger partial charge in [0.15, 0.2) is 0 Å². The SMILES string of the molecule is BrCCc1cn[nH]n1. The fourth-order valence-corrected chi connectivity index (χ4v) is 0.849. The Labute approximate surface area is 55.6 Å². The fraction of sp³-hybridized carbons (Fsp3) is 0.500. The first-order valence-electron chi connectivity index (χ1n) is 2.34. The summed E-state index contributed by atoms with van der Waals surface area (Å²) >= 11 is 3.29. The van der Waals surface area contributed by atoms with Gasteiger partial charge in [-0.05, 0) is 0 Å². The highest BCUT2D eigenvalue weighted by Crippen LogP contribution is 1.92. The smallest absolute Gasteiger partial charge is 0.0833 e. The van der Waals surface area contributed by atoms with E-state index in [1.54, 1.807) is 6.20 Å². The van der Waals surface area contributed by atoms with E-state index in [0.717, 1.165) is 17.4 Å². The lowest BCUT2D eigenvalue weighted by atomic mass is 10.4. The van der Waals surface area contributed by atoms with Gasteiger partial charge in [-0.15, -0.1) is 0 Å². The van der Waals surface area contributed by atoms with Gasteiger partial charge in [0.1, 0.15) is 0 Å². The molecule has 0 unspecified atom stereocenters. The normalized spacial score (nSPS) is 9.62. The third kappa shape index (κ3) is 1.30. The highest BCUT2D eigenvalue weighted by atomic mass is 79.9. The molecule has 0 aliphatic carbocycles. The zero-order valence-corrected chi connectivity index (χ0v) is 5.85. The molecule has 0 spiro atoms. The van der Waals surface area contributed by atoms with Gasteiger partial charge >= 0.3 is 0 Å². The van der Waals surface area contributed by atoms with Crippen LogP contribution in [-0.4, -0.2) is 20.7 Å². The number of halogens is 1. The number of alkyl halides is 1. The van der Waals surface area contributed by atoms with Crippen LogP contribution in [0, 0.1) is 0 Å². The Hall–Kier alpha value is -0.380. The lowest BCUT2D eigenvalue weighted by Crippen LogP contribution is -1.83. The van der Waals surface area contributed by atoms with Crippen molar-refractivity contribution in [2.24, 2.45) is 0 Å². The summed E-state index contributed by atoms with van der Waals surface area (Å²) in [7, 11) is 0. The predicted molar refractivity (Wildman–Crippen MR) is 33.9 cm³/mol. The van der Waals surface area contributed by atoms with Crippen LogP contribution in [0.5, 0.6) is 0 Å². The third-order valence-corrected chi connectivity index (χ3v) is 1.21. The van der Waals surface area contributed by atoms with Gasteiger partial charge in [-0.2, -0.15) is 15.4 Å². The van der Waals surface area contributed by atoms with Gasteiger partial charge in [0, 0.05) is 11.8 Å². The second-order valence-electron chi connectivity index (χ2n) is 1.40. The van der Waals surface area contributed by atoms with E-state index in [2.05, 4.69) is 31.3 Å². The van der Waals surface area contributed by atoms with Gasteiger partial charge in [-0.1, -0.05) is 15.9 Å². The van der Waals surface area contributed by atoms with Crippen molar-refractivity contribution in [2.75, 3.05) is 5.33 Å². The largest absolute Gasteiger partial charge is 0.198 e. The van der Waals surface area contributed by atoms with Crippen LogP contribution in [0.25, 0.3) is 0 Å². The number of hydrogen-bond acceptors (Lipinski definition) is 2. The van der Waals surface area contributed by atoms with Crippen molar-refractivity contribution in [1.29, 1.82) is 0 Å². The minimum absolute atomic E-state index is 0.941. The van der Waals surface area contributed by atoms with Crippen LogP contribution in [0.4, 0.5) is 0 Å². The molecule has 0 saturated carbocycles. The first-order valence-corrected chi connectivity index (χ1v) is 3.46. The van der Waals surface area contributed by atoms with Crippen LogP contribution in [0.2, 0.25) is 0 Å². The Bertz CT molecular complexity index is 137. The lowest BCUT2D eigenvalue weighted by Gasteiger charge is -1.81. The van der Waals surface area contributed by atoms with E-state index in [-0.39, 0.29) is 0 Å². The molecule has 0 aliphatic heterocycles. The molecule has 0 bridgehead atoms. The monoisotopic (exact) mass is 175 g/mol. The van der Waals surface area contributed by atoms with E-state index in [1.165, 1.54) is 0 Å². The van der Waals surface area contributed by atoms with Crippen molar-refractivity contribution in [3.63, 3.8) is 0 Å². The highest BCUT2D eigenvalue weighted by molar-refractivity contribution is 9.09. The zero-order valence-electron chi connectivity index (χ0n) is 4.26. The maximum absolute atomic E-state index is 3.84. The van der Waals surface area contributed by atoms with Gasteiger partial charge in [0.2, 0.25) is 0 Å². The average Bonchev–Trinajstić information content (AvgIpc) is 2.19. The first-order chi connectivity index (χ1) is 3.93. The number of aryl methyl sites for hydroxylation is 1. The first kappa shape index (κ1) is 5.75. The molecule has 3 nitrogen and oxygen atoms in total. The van der Waals surface area contributed by atoms with Crippen LogP contribution in [0.3, 0.4) is 0 Å². The molecule has 0 aliphatic rings. The van der Waals surface area contributed by atoms with E-state index < -0.39 is 0 Å². The molecule has 0 fully saturated rings. The molecule has 0 saturated heterocycles. The molecule has 0 amide bonds. The van der Waals surface area contributed by atoms with E-state index >= 15 is 0 Å². The molecule has 1 aromatic rings. The molecule has 1 rings (SSSR count). The number of aromatic nitrogens is 3. The number of rotatable bonds is 2. The van der Waals surface area contributed by atoms with Gasteiger partial charge < -0.3 is 0 Å². The minimum atomic E-state index is 0.941. The summed E-state index contributed by atoms with van der Waals surface area (Å²) in [6, 6.07) is 0. The number of nitrogens with zero attached hydrogens (tertiary/aromatic N) is 2. The zero-order chi connectivity index (χ0) is 5.82. The van der Waals surface area contributed by atoms with Gasteiger partial charge in [0.05, 0.1) is 11.9 Å². The maximum Gasteiger partial charge on any atom is 0.0833 e. The Kier molecular flexibility index (Phi) is 2.02. The Morgan fingerprint density at radius 2 is 2.62 bits per heavy atom. The van der Waals surface area contributed by atoms with Crippen molar-refractivity contribution in [3.8, 4) is 0 Å². The standard InChI is InChI=1S/C4H6BrN3/c5-2-1-4-3-6-8-7-4/h3H,1-2H2,(H,6,7,8). The van der Waals surface area contributed by atoms with E-state index in [9.17, 15) is 0 Å². The van der Waals surface area contributed by atoms with Crippen molar-refractivity contribution >= 4 is 15.9 Å². The number of aromatic amines is 1. The van der Waals surface area contributed by atoms with Gasteiger partial charge in [-0.3, -0.25) is 0 Å². The highest BCUT2D eigenvalue weighted by Gasteiger charge is 1.90. The molecule has 8 heavy (non-hydrogen) atoms. The minimum Gasteiger partial charge on any atom is -0.198 e. The Morgan fingerprint density at radius 1 is 1.75 bits per heavy atom. The summed E-state index contributed by atoms with van der Waals surface area (Å²) in [6.07, 6.45) is 2.66. The van der Waals surface area contributed by atoms with Crippen LogP contribution in [0.15, 0.2) is 6.20 Å². The second kappa shape index (κ2) is 2.81. The van der Waals surface area contributed by atoms with Crippen molar-refractivity contribution in [1.82, 2.24) is 15.4 Å². The Balaban J connectivity index is 2.50. The Morgan fingerprint density at radius 3 is 3.12 bits per heavy atom. The van der Waals surface area contributed by atoms with Crippen LogP contribution in [0.1, 0.15) is 5.69 Å². The fourth-order valence-electron chi connectivity index (χ4n) is 0.443. The summed E-state index contributed by atoms with van der Waals surface area (Å²) in [5.74, 6) is 0. The van der Waals surface area contributed by atoms with E-state index in [0.29, 0.717) is 0 Å². The molecule has 1 N–H and O–H groups in total. The summed E-state index contributed by atoms with van der Waals surface area (Å²) in [5, 5.41) is 11.0. The summed E-state index contributed by atoms with van der Waals surface area (Å²) in [6.45, 7) is 0. The molecular weight excluding hydrogens is 170 g/mol. The van der Waals surface area contributed by atoms with Crippen molar-refractivity contribution in [2.45, 2.75) is 6.42 Å². The number of nitrogens with one attached hydrogen (secondary N) is 1. The van der Waals surface area contributed by atoms with Crippen LogP contribution >= 0.6 is 15.9 Å². The topological polar surface area (TPSA) is 41.6 Å². The second-order valence-corrected chi connectivity index (χ2v) is 2.19. The summed E-state index contributed by atoms with van der Waals surface area (Å²) in [4.78, 5) is 0. The van der Waals surface area contributed by atoms with Gasteiger partial charge in [-0.25, -0.2) is 0 Å². The average molecular weight is 176 g/mol. The van der Waals surface area contributed by atoms with E-state index in [4.69, 9.17) is 0 Å². The van der Waals surface area contributed by atoms with Crippen LogP contribution < -0.4 is 0 Å². The molecule has 44 valence electrons. The lowest BCUT2D eigenvalue weighted by molar-refractivity contribution is 0.911.